The van der Waals surface area contributed by atoms with Crippen LogP contribution in [0.1, 0.15) is 34.3 Å². The Bertz CT molecular complexity index is 1680. The molecule has 2 aliphatic heterocycles. The lowest BCUT2D eigenvalue weighted by molar-refractivity contribution is -0.126. The first kappa shape index (κ1) is 26.7. The fourth-order valence-corrected chi connectivity index (χ4v) is 6.50. The molecule has 0 aromatic heterocycles. The van der Waals surface area contributed by atoms with Gasteiger partial charge in [-0.25, -0.2) is 13.6 Å². The summed E-state index contributed by atoms with van der Waals surface area (Å²) in [6, 6.07) is 24.1. The average molecular weight is 572 g/mol. The van der Waals surface area contributed by atoms with E-state index in [1.165, 1.54) is 11.0 Å². The maximum atomic E-state index is 14.5. The van der Waals surface area contributed by atoms with E-state index in [-0.39, 0.29) is 11.5 Å². The number of benzene rings is 4. The van der Waals surface area contributed by atoms with Gasteiger partial charge in [-0.15, -0.1) is 0 Å². The van der Waals surface area contributed by atoms with Gasteiger partial charge < -0.3 is 15.5 Å². The minimum Gasteiger partial charge on any atom is -0.323 e. The van der Waals surface area contributed by atoms with Gasteiger partial charge in [0.15, 0.2) is 23.0 Å². The van der Waals surface area contributed by atoms with Crippen molar-refractivity contribution in [3.63, 3.8) is 0 Å². The van der Waals surface area contributed by atoms with Crippen molar-refractivity contribution in [1.29, 1.82) is 0 Å². The first-order valence-electron chi connectivity index (χ1n) is 13.0. The Morgan fingerprint density at radius 2 is 1.59 bits per heavy atom. The Kier molecular flexibility index (Phi) is 6.58. The zero-order chi connectivity index (χ0) is 28.9. The molecule has 1 spiro atoms. The van der Waals surface area contributed by atoms with Gasteiger partial charge in [0.1, 0.15) is 0 Å². The molecule has 0 saturated carbocycles. The first-order chi connectivity index (χ1) is 19.7. The van der Waals surface area contributed by atoms with Crippen molar-refractivity contribution in [2.24, 2.45) is 5.92 Å². The third kappa shape index (κ3) is 4.17. The topological polar surface area (TPSA) is 78.5 Å². The van der Waals surface area contributed by atoms with Crippen molar-refractivity contribution in [3.05, 3.63) is 130 Å². The number of halogens is 3. The second kappa shape index (κ2) is 10.1. The number of ketones is 1. The molecule has 4 atom stereocenters. The Balaban J connectivity index is 1.58. The van der Waals surface area contributed by atoms with Gasteiger partial charge >= 0.3 is 6.03 Å². The van der Waals surface area contributed by atoms with Crippen LogP contribution < -0.4 is 10.6 Å². The van der Waals surface area contributed by atoms with E-state index in [0.717, 1.165) is 17.7 Å². The van der Waals surface area contributed by atoms with Crippen molar-refractivity contribution < 1.29 is 23.2 Å². The second-order valence-corrected chi connectivity index (χ2v) is 10.7. The van der Waals surface area contributed by atoms with Crippen LogP contribution in [0.25, 0.3) is 0 Å². The Labute approximate surface area is 239 Å². The lowest BCUT2D eigenvalue weighted by Crippen LogP contribution is -2.57. The number of carbonyl (C=O) groups is 3. The van der Waals surface area contributed by atoms with E-state index in [1.54, 1.807) is 85.8 Å². The van der Waals surface area contributed by atoms with Gasteiger partial charge in [0.05, 0.1) is 5.92 Å². The van der Waals surface area contributed by atoms with E-state index in [2.05, 4.69) is 10.6 Å². The summed E-state index contributed by atoms with van der Waals surface area (Å²) in [5, 5.41) is 6.02. The van der Waals surface area contributed by atoms with Crippen LogP contribution in [0.2, 0.25) is 5.02 Å². The number of para-hydroxylation sites is 1. The molecule has 206 valence electrons. The van der Waals surface area contributed by atoms with Crippen LogP contribution in [0.15, 0.2) is 97.1 Å². The third-order valence-electron chi connectivity index (χ3n) is 8.03. The zero-order valence-corrected chi connectivity index (χ0v) is 22.5. The highest BCUT2D eigenvalue weighted by Crippen LogP contribution is 2.59. The second-order valence-electron chi connectivity index (χ2n) is 10.2. The third-order valence-corrected chi connectivity index (χ3v) is 8.29. The molecule has 0 aliphatic carbocycles. The van der Waals surface area contributed by atoms with Crippen molar-refractivity contribution in [2.75, 3.05) is 10.6 Å². The van der Waals surface area contributed by atoms with Crippen molar-refractivity contribution >= 4 is 40.7 Å². The summed E-state index contributed by atoms with van der Waals surface area (Å²) in [7, 11) is 0. The molecule has 3 amide bonds. The van der Waals surface area contributed by atoms with E-state index in [0.29, 0.717) is 21.8 Å². The summed E-state index contributed by atoms with van der Waals surface area (Å²) < 4.78 is 27.7. The summed E-state index contributed by atoms with van der Waals surface area (Å²) in [6.45, 7) is 1.78. The maximum absolute atomic E-state index is 14.5. The molecule has 4 aromatic carbocycles. The molecular formula is C32H24ClF2N3O3. The molecule has 1 fully saturated rings. The van der Waals surface area contributed by atoms with Crippen molar-refractivity contribution in [2.45, 2.75) is 24.4 Å². The average Bonchev–Trinajstić information content (AvgIpc) is 3.42. The number of anilines is 2. The van der Waals surface area contributed by atoms with E-state index in [4.69, 9.17) is 11.6 Å². The molecule has 4 unspecified atom stereocenters. The van der Waals surface area contributed by atoms with E-state index >= 15 is 0 Å². The van der Waals surface area contributed by atoms with Crippen LogP contribution in [-0.4, -0.2) is 28.7 Å². The van der Waals surface area contributed by atoms with Crippen LogP contribution in [0.3, 0.4) is 0 Å². The standard InChI is InChI=1S/C32H24ClF2N3O3/c1-18-27(19-11-13-21(33)14-12-19)28(29(39)20-7-3-2-4-8-20)32(23-9-5-6-10-26(23)37-30(32)40)38(18)31(41)36-22-15-16-24(34)25(35)17-22/h2-18,27-28H,1H3,(H,36,41)(H,37,40). The number of nitrogens with one attached hydrogen (secondary N) is 2. The maximum Gasteiger partial charge on any atom is 0.323 e. The Hall–Kier alpha value is -4.56. The minimum absolute atomic E-state index is 0.00354. The highest BCUT2D eigenvalue weighted by molar-refractivity contribution is 6.30. The molecule has 6 nitrogen and oxygen atoms in total. The molecule has 0 bridgehead atoms. The number of nitrogens with zero attached hydrogens (tertiary/aromatic N) is 1. The summed E-state index contributed by atoms with van der Waals surface area (Å²) in [4.78, 5) is 44.3. The normalized spacial score (nSPS) is 22.9. The van der Waals surface area contributed by atoms with Crippen LogP contribution in [0.5, 0.6) is 0 Å². The zero-order valence-electron chi connectivity index (χ0n) is 21.8. The van der Waals surface area contributed by atoms with Gasteiger partial charge in [0, 0.05) is 45.6 Å². The molecule has 1 saturated heterocycles. The van der Waals surface area contributed by atoms with Gasteiger partial charge in [0.25, 0.3) is 5.91 Å². The number of hydrogen-bond donors (Lipinski definition) is 2. The number of carbonyl (C=O) groups excluding carboxylic acids is 3. The fraction of sp³-hybridized carbons (Fsp3) is 0.156. The van der Waals surface area contributed by atoms with E-state index < -0.39 is 47.0 Å². The van der Waals surface area contributed by atoms with Crippen molar-refractivity contribution in [1.82, 2.24) is 4.90 Å². The number of rotatable bonds is 4. The van der Waals surface area contributed by atoms with Gasteiger partial charge in [-0.05, 0) is 42.8 Å². The Morgan fingerprint density at radius 3 is 2.29 bits per heavy atom. The smallest absolute Gasteiger partial charge is 0.323 e. The van der Waals surface area contributed by atoms with Gasteiger partial charge in [-0.3, -0.25) is 9.59 Å². The predicted molar refractivity (Wildman–Crippen MR) is 152 cm³/mol. The summed E-state index contributed by atoms with van der Waals surface area (Å²) in [5.41, 5.74) is 0.319. The largest absolute Gasteiger partial charge is 0.323 e. The van der Waals surface area contributed by atoms with Crippen molar-refractivity contribution in [3.8, 4) is 0 Å². The summed E-state index contributed by atoms with van der Waals surface area (Å²) >= 11 is 6.19. The molecule has 2 aliphatic rings. The number of urea groups is 1. The Morgan fingerprint density at radius 1 is 0.902 bits per heavy atom. The highest BCUT2D eigenvalue weighted by Gasteiger charge is 2.69. The van der Waals surface area contributed by atoms with Gasteiger partial charge in [0.2, 0.25) is 0 Å². The molecule has 6 rings (SSSR count). The van der Waals surface area contributed by atoms with Gasteiger partial charge in [-0.1, -0.05) is 72.3 Å². The minimum atomic E-state index is -1.75. The highest BCUT2D eigenvalue weighted by atomic mass is 35.5. The SMILES string of the molecule is CC1C(c2ccc(Cl)cc2)C(C(=O)c2ccccc2)C2(C(=O)Nc3ccccc32)N1C(=O)Nc1ccc(F)c(F)c1. The van der Waals surface area contributed by atoms with Crippen LogP contribution >= 0.6 is 11.6 Å². The molecule has 2 heterocycles. The molecular weight excluding hydrogens is 548 g/mol. The number of Topliss-reactive ketones (excluding diaryl/α,β-unsaturated/α-hetero) is 1. The van der Waals surface area contributed by atoms with Crippen LogP contribution in [0, 0.1) is 17.6 Å². The molecule has 0 radical (unpaired) electrons. The molecule has 4 aromatic rings. The molecule has 41 heavy (non-hydrogen) atoms. The molecule has 9 heteroatoms. The predicted octanol–water partition coefficient (Wildman–Crippen LogP) is 6.98. The van der Waals surface area contributed by atoms with Crippen LogP contribution in [-0.2, 0) is 10.3 Å². The number of hydrogen-bond acceptors (Lipinski definition) is 3. The monoisotopic (exact) mass is 571 g/mol. The summed E-state index contributed by atoms with van der Waals surface area (Å²) in [6.07, 6.45) is 0. The fourth-order valence-electron chi connectivity index (χ4n) is 6.38. The van der Waals surface area contributed by atoms with Gasteiger partial charge in [-0.2, -0.15) is 0 Å². The molecule has 2 N–H and O–H groups in total. The lowest BCUT2D eigenvalue weighted by Gasteiger charge is -2.38. The van der Waals surface area contributed by atoms with E-state index in [1.807, 2.05) is 0 Å². The number of likely N-dealkylation sites (tertiary alicyclic amines) is 1. The van der Waals surface area contributed by atoms with Crippen LogP contribution in [0.4, 0.5) is 25.0 Å². The van der Waals surface area contributed by atoms with E-state index in [9.17, 15) is 23.2 Å². The quantitative estimate of drug-likeness (QED) is 0.259. The first-order valence-corrected chi connectivity index (χ1v) is 13.4. The number of fused-ring (bicyclic) bond motifs is 2. The number of amides is 3. The lowest BCUT2D eigenvalue weighted by atomic mass is 9.69. The summed E-state index contributed by atoms with van der Waals surface area (Å²) in [5.74, 6) is -4.71.